The number of carbonyl (C=O) groups excluding carboxylic acids is 1. The van der Waals surface area contributed by atoms with E-state index in [2.05, 4.69) is 25.6 Å². The summed E-state index contributed by atoms with van der Waals surface area (Å²) in [6.07, 6.45) is 2.86. The highest BCUT2D eigenvalue weighted by Gasteiger charge is 2.48. The number of aryl methyl sites for hydroxylation is 1. The van der Waals surface area contributed by atoms with E-state index in [1.165, 1.54) is 0 Å². The Bertz CT molecular complexity index is 842. The minimum absolute atomic E-state index is 0.0958. The largest absolute Gasteiger partial charge is 0.406 e. The van der Waals surface area contributed by atoms with Gasteiger partial charge in [-0.2, -0.15) is 13.2 Å². The van der Waals surface area contributed by atoms with E-state index < -0.39 is 11.7 Å². The number of imidazole rings is 1. The maximum Gasteiger partial charge on any atom is 0.406 e. The number of aromatic nitrogens is 4. The molecule has 0 atom stereocenters. The number of nitrogens with one attached hydrogen (secondary N) is 2. The molecule has 0 spiro atoms. The lowest BCUT2D eigenvalue weighted by Gasteiger charge is -2.37. The Labute approximate surface area is 167 Å². The average Bonchev–Trinajstić information content (AvgIpc) is 3.16. The highest BCUT2D eigenvalue weighted by Crippen LogP contribution is 2.32. The number of carbonyl (C=O) groups is 1. The lowest BCUT2D eigenvalue weighted by Crippen LogP contribution is -2.57. The van der Waals surface area contributed by atoms with Gasteiger partial charge in [0, 0.05) is 30.2 Å². The quantitative estimate of drug-likeness (QED) is 0.792. The molecule has 1 aliphatic carbocycles. The molecule has 1 fully saturated rings. The zero-order valence-electron chi connectivity index (χ0n) is 16.6. The third-order valence-electron chi connectivity index (χ3n) is 5.15. The highest BCUT2D eigenvalue weighted by atomic mass is 19.4. The molecule has 1 aliphatic rings. The van der Waals surface area contributed by atoms with Gasteiger partial charge in [0.1, 0.15) is 17.6 Å². The normalized spacial score (nSPS) is 20.5. The van der Waals surface area contributed by atoms with Crippen LogP contribution in [0.25, 0.3) is 5.95 Å². The van der Waals surface area contributed by atoms with Crippen LogP contribution >= 0.6 is 0 Å². The predicted octanol–water partition coefficient (Wildman–Crippen LogP) is 2.94. The summed E-state index contributed by atoms with van der Waals surface area (Å²) in [5.41, 5.74) is -1.04. The number of nitrogens with zero attached hydrogens (tertiary/aromatic N) is 4. The van der Waals surface area contributed by atoms with Crippen LogP contribution in [0.5, 0.6) is 0 Å². The molecule has 7 nitrogen and oxygen atoms in total. The fraction of sp³-hybridized carbons (Fsp3) is 0.579. The van der Waals surface area contributed by atoms with E-state index in [9.17, 15) is 18.0 Å². The molecule has 2 aromatic heterocycles. The van der Waals surface area contributed by atoms with Gasteiger partial charge < -0.3 is 10.6 Å². The van der Waals surface area contributed by atoms with E-state index in [4.69, 9.17) is 0 Å². The summed E-state index contributed by atoms with van der Waals surface area (Å²) < 4.78 is 40.8. The molecule has 158 valence electrons. The molecule has 0 saturated heterocycles. The van der Waals surface area contributed by atoms with E-state index >= 15 is 0 Å². The van der Waals surface area contributed by atoms with Gasteiger partial charge in [-0.25, -0.2) is 15.0 Å². The zero-order chi connectivity index (χ0) is 21.2. The van der Waals surface area contributed by atoms with Crippen LogP contribution in [0.15, 0.2) is 24.8 Å². The van der Waals surface area contributed by atoms with Crippen molar-refractivity contribution in [3.05, 3.63) is 36.2 Å². The minimum Gasteiger partial charge on any atom is -0.348 e. The van der Waals surface area contributed by atoms with Gasteiger partial charge in [0.05, 0.1) is 0 Å². The Kier molecular flexibility index (Phi) is 5.92. The second kappa shape index (κ2) is 8.10. The van der Waals surface area contributed by atoms with Crippen LogP contribution in [0.2, 0.25) is 0 Å². The number of alkyl halides is 3. The van der Waals surface area contributed by atoms with Crippen LogP contribution in [-0.4, -0.2) is 49.2 Å². The fourth-order valence-electron chi connectivity index (χ4n) is 3.40. The second-order valence-corrected chi connectivity index (χ2v) is 7.95. The van der Waals surface area contributed by atoms with Gasteiger partial charge in [-0.3, -0.25) is 9.36 Å². The van der Waals surface area contributed by atoms with Crippen molar-refractivity contribution < 1.29 is 18.0 Å². The van der Waals surface area contributed by atoms with Crippen molar-refractivity contribution in [3.8, 4) is 5.95 Å². The van der Waals surface area contributed by atoms with Crippen molar-refractivity contribution in [2.24, 2.45) is 0 Å². The average molecular weight is 410 g/mol. The van der Waals surface area contributed by atoms with Crippen molar-refractivity contribution >= 4 is 5.91 Å². The Morgan fingerprint density at radius 2 is 1.79 bits per heavy atom. The first-order chi connectivity index (χ1) is 13.5. The van der Waals surface area contributed by atoms with Gasteiger partial charge in [-0.1, -0.05) is 0 Å². The van der Waals surface area contributed by atoms with E-state index in [-0.39, 0.29) is 23.7 Å². The lowest BCUT2D eigenvalue weighted by atomic mass is 9.89. The summed E-state index contributed by atoms with van der Waals surface area (Å²) in [4.78, 5) is 25.2. The molecule has 3 rings (SSSR count). The molecule has 0 aromatic carbocycles. The van der Waals surface area contributed by atoms with Crippen LogP contribution < -0.4 is 10.6 Å². The van der Waals surface area contributed by atoms with E-state index in [0.29, 0.717) is 37.3 Å². The number of amides is 1. The molecule has 0 bridgehead atoms. The summed E-state index contributed by atoms with van der Waals surface area (Å²) in [6, 6.07) is 1.28. The first-order valence-electron chi connectivity index (χ1n) is 9.54. The van der Waals surface area contributed by atoms with E-state index in [1.54, 1.807) is 36.3 Å². The fourth-order valence-corrected chi connectivity index (χ4v) is 3.40. The first kappa shape index (κ1) is 21.2. The molecule has 2 N–H and O–H groups in total. The third kappa shape index (κ3) is 5.11. The molecular formula is C19H25F3N6O. The summed E-state index contributed by atoms with van der Waals surface area (Å²) in [6.45, 7) is 4.07. The maximum absolute atomic E-state index is 13.1. The van der Waals surface area contributed by atoms with Crippen LogP contribution in [0.3, 0.4) is 0 Å². The van der Waals surface area contributed by atoms with Gasteiger partial charge in [0.25, 0.3) is 5.91 Å². The van der Waals surface area contributed by atoms with Crippen LogP contribution in [0.1, 0.15) is 55.7 Å². The van der Waals surface area contributed by atoms with Crippen molar-refractivity contribution in [2.45, 2.75) is 70.3 Å². The molecule has 2 heterocycles. The molecule has 2 aromatic rings. The maximum atomic E-state index is 13.1. The van der Waals surface area contributed by atoms with Gasteiger partial charge in [-0.05, 0) is 52.5 Å². The Morgan fingerprint density at radius 3 is 2.38 bits per heavy atom. The lowest BCUT2D eigenvalue weighted by molar-refractivity contribution is -0.188. The number of hydrogen-bond acceptors (Lipinski definition) is 5. The molecular weight excluding hydrogens is 385 g/mol. The van der Waals surface area contributed by atoms with Gasteiger partial charge >= 0.3 is 6.18 Å². The Balaban J connectivity index is 1.58. The highest BCUT2D eigenvalue weighted by molar-refractivity contribution is 5.92. The van der Waals surface area contributed by atoms with Crippen molar-refractivity contribution in [3.63, 3.8) is 0 Å². The first-order valence-corrected chi connectivity index (χ1v) is 9.54. The molecule has 0 unspecified atom stereocenters. The monoisotopic (exact) mass is 410 g/mol. The van der Waals surface area contributed by atoms with Crippen LogP contribution in [-0.2, 0) is 0 Å². The number of halogens is 3. The standard InChI is InChI=1S/C19H25F3N6O/c1-12-10-15(26-17(24-12)28-9-8-23-11-28)16(29)25-13-4-6-14(7-5-13)27-18(2,3)19(20,21)22/h8-11,13-14,27H,4-7H2,1-3H3,(H,25,29)/t13-,14-. The summed E-state index contributed by atoms with van der Waals surface area (Å²) in [5, 5.41) is 5.65. The number of rotatable bonds is 5. The topological polar surface area (TPSA) is 84.7 Å². The molecule has 1 amide bonds. The molecule has 10 heteroatoms. The van der Waals surface area contributed by atoms with Gasteiger partial charge in [0.15, 0.2) is 0 Å². The predicted molar refractivity (Wildman–Crippen MR) is 101 cm³/mol. The van der Waals surface area contributed by atoms with Crippen molar-refractivity contribution in [1.29, 1.82) is 0 Å². The zero-order valence-corrected chi connectivity index (χ0v) is 16.6. The smallest absolute Gasteiger partial charge is 0.348 e. The summed E-state index contributed by atoms with van der Waals surface area (Å²) in [5.74, 6) is 0.0406. The minimum atomic E-state index is -4.31. The number of hydrogen-bond donors (Lipinski definition) is 2. The van der Waals surface area contributed by atoms with Gasteiger partial charge in [-0.15, -0.1) is 0 Å². The van der Waals surface area contributed by atoms with Gasteiger partial charge in [0.2, 0.25) is 5.95 Å². The Morgan fingerprint density at radius 1 is 1.14 bits per heavy atom. The second-order valence-electron chi connectivity index (χ2n) is 7.95. The van der Waals surface area contributed by atoms with Crippen LogP contribution in [0, 0.1) is 6.92 Å². The Hall–Kier alpha value is -2.49. The van der Waals surface area contributed by atoms with Crippen molar-refractivity contribution in [1.82, 2.24) is 30.2 Å². The SMILES string of the molecule is Cc1cc(C(=O)N[C@H]2CC[C@H](NC(C)(C)C(F)(F)F)CC2)nc(-n2ccnc2)n1. The molecule has 1 saturated carbocycles. The molecule has 0 aliphatic heterocycles. The van der Waals surface area contributed by atoms with Crippen LogP contribution in [0.4, 0.5) is 13.2 Å². The van der Waals surface area contributed by atoms with Crippen molar-refractivity contribution in [2.75, 3.05) is 0 Å². The molecule has 29 heavy (non-hydrogen) atoms. The van der Waals surface area contributed by atoms with E-state index in [0.717, 1.165) is 13.8 Å². The molecule has 0 radical (unpaired) electrons. The third-order valence-corrected chi connectivity index (χ3v) is 5.15. The van der Waals surface area contributed by atoms with E-state index in [1.807, 2.05) is 0 Å². The summed E-state index contributed by atoms with van der Waals surface area (Å²) in [7, 11) is 0. The summed E-state index contributed by atoms with van der Waals surface area (Å²) >= 11 is 0.